The van der Waals surface area contributed by atoms with Crippen molar-refractivity contribution in [3.8, 4) is 0 Å². The first-order chi connectivity index (χ1) is 62.1. The average Bonchev–Trinajstić information content (AvgIpc) is 0.775. The van der Waals surface area contributed by atoms with Crippen LogP contribution in [0.5, 0.6) is 0 Å². The summed E-state index contributed by atoms with van der Waals surface area (Å²) in [6.07, 6.45) is 30.8. The molecule has 6 unspecified atom stereocenters. The lowest BCUT2D eigenvalue weighted by atomic mass is 9.95. The van der Waals surface area contributed by atoms with Crippen molar-refractivity contribution in [3.05, 3.63) is 0 Å². The molecular weight excluding hydrogens is 1720 g/mol. The molecule has 2 aliphatic heterocycles. The van der Waals surface area contributed by atoms with E-state index < -0.39 is 196 Å². The number of amides is 2. The molecule has 30 nitrogen and oxygen atoms in total. The van der Waals surface area contributed by atoms with E-state index in [0.29, 0.717) is 38.5 Å². The molecule has 12 N–H and O–H groups in total. The monoisotopic (exact) mass is 1900 g/mol. The zero-order chi connectivity index (χ0) is 95.0. The number of nitrogens with two attached hydrogens (primary N) is 1. The summed E-state index contributed by atoms with van der Waals surface area (Å²) in [7, 11) is -16.8. The van der Waals surface area contributed by atoms with Gasteiger partial charge < -0.3 is 89.5 Å². The molecule has 16 atom stereocenters. The summed E-state index contributed by atoms with van der Waals surface area (Å²) in [5.74, 6) is -5.28. The largest absolute Gasteiger partial charge is 0.481 e. The van der Waals surface area contributed by atoms with E-state index in [-0.39, 0.29) is 38.5 Å². The van der Waals surface area contributed by atoms with E-state index in [1.807, 2.05) is 0 Å². The normalized spacial score (nSPS) is 20.9. The fourth-order valence-corrected chi connectivity index (χ4v) is 20.1. The van der Waals surface area contributed by atoms with Crippen LogP contribution in [0.1, 0.15) is 465 Å². The number of esters is 4. The lowest BCUT2D eigenvalue weighted by Crippen LogP contribution is -2.68. The molecule has 760 valence electrons. The molecule has 2 fully saturated rings. The maximum atomic E-state index is 15.3. The zero-order valence-electron chi connectivity index (χ0n) is 80.8. The number of phosphoric acid groups is 2. The number of carbonyl (C=O) groups excluding carboxylic acids is 6. The van der Waals surface area contributed by atoms with Crippen LogP contribution >= 0.6 is 23.2 Å². The highest BCUT2D eigenvalue weighted by atomic mass is 31.3. The molecule has 0 aromatic heterocycles. The van der Waals surface area contributed by atoms with Gasteiger partial charge in [-0.3, -0.25) is 42.4 Å². The molecule has 2 heterocycles. The van der Waals surface area contributed by atoms with Crippen LogP contribution < -0.4 is 16.4 Å². The first kappa shape index (κ1) is 122. The minimum Gasteiger partial charge on any atom is -0.462 e. The number of rotatable bonds is 88. The van der Waals surface area contributed by atoms with Crippen molar-refractivity contribution < 1.29 is 129 Å². The number of unbranched alkanes of at least 4 members (excludes halogenated alkanes) is 50. The fourth-order valence-electron chi connectivity index (χ4n) is 17.0. The van der Waals surface area contributed by atoms with Gasteiger partial charge in [0.05, 0.1) is 57.3 Å². The molecule has 0 saturated carbocycles. The molecule has 33 heteroatoms. The number of nitrogens with one attached hydrogen (secondary N) is 2. The van der Waals surface area contributed by atoms with Gasteiger partial charge in [0, 0.05) is 19.4 Å². The second-order valence-electron chi connectivity index (χ2n) is 36.7. The molecule has 0 spiro atoms. The molecule has 129 heavy (non-hydrogen) atoms. The molecule has 2 saturated heterocycles. The highest BCUT2D eigenvalue weighted by Gasteiger charge is 2.56. The third-order valence-electron chi connectivity index (χ3n) is 24.5. The number of aliphatic hydroxyl groups is 4. The minimum absolute atomic E-state index is 0.0576. The van der Waals surface area contributed by atoms with E-state index >= 15 is 9.59 Å². The van der Waals surface area contributed by atoms with Crippen LogP contribution in [0.4, 0.5) is 0 Å². The summed E-state index contributed by atoms with van der Waals surface area (Å²) >= 11 is 0. The van der Waals surface area contributed by atoms with Crippen molar-refractivity contribution >= 4 is 58.9 Å². The number of phosphoric ester groups is 2. The van der Waals surface area contributed by atoms with Crippen LogP contribution in [0, 0.1) is 0 Å². The molecule has 2 amide bonds. The van der Waals surface area contributed by atoms with E-state index in [4.69, 9.17) is 52.2 Å². The summed E-state index contributed by atoms with van der Waals surface area (Å²) in [6.45, 7) is 10.2. The fraction of sp³-hybridized carbons (Fsp3) is 0.938. The number of carbonyl (C=O) groups is 6. The lowest BCUT2D eigenvalue weighted by molar-refractivity contribution is -0.296. The zero-order valence-corrected chi connectivity index (χ0v) is 83.5. The van der Waals surface area contributed by atoms with Crippen LogP contribution in [0.2, 0.25) is 0 Å². The molecule has 2 rings (SSSR count). The third-order valence-corrected chi connectivity index (χ3v) is 28.2. The summed E-state index contributed by atoms with van der Waals surface area (Å²) in [4.78, 5) is 131. The predicted molar refractivity (Wildman–Crippen MR) is 503 cm³/mol. The van der Waals surface area contributed by atoms with Crippen molar-refractivity contribution in [1.29, 1.82) is 0 Å². The molecule has 2 aliphatic rings. The summed E-state index contributed by atoms with van der Waals surface area (Å²) in [6, 6.07) is -4.05. The van der Waals surface area contributed by atoms with Gasteiger partial charge >= 0.3 is 47.1 Å². The Kier molecular flexibility index (Phi) is 73.7. The van der Waals surface area contributed by atoms with E-state index in [0.717, 1.165) is 276 Å². The molecule has 0 aromatic carbocycles. The van der Waals surface area contributed by atoms with Crippen molar-refractivity contribution in [1.82, 2.24) is 10.6 Å². The van der Waals surface area contributed by atoms with E-state index in [9.17, 15) is 72.9 Å². The van der Waals surface area contributed by atoms with E-state index in [1.54, 1.807) is 0 Å². The summed E-state index contributed by atoms with van der Waals surface area (Å²) in [5, 5.41) is 52.0. The van der Waals surface area contributed by atoms with Gasteiger partial charge in [0.25, 0.3) is 0 Å². The Morgan fingerprint density at radius 3 is 1.06 bits per heavy atom. The predicted octanol–water partition coefficient (Wildman–Crippen LogP) is 20.8. The number of hydrogen-bond acceptors (Lipinski definition) is 24. The summed E-state index contributed by atoms with van der Waals surface area (Å²) < 4.78 is 100. The van der Waals surface area contributed by atoms with Gasteiger partial charge in [0.1, 0.15) is 48.7 Å². The highest BCUT2D eigenvalue weighted by Crippen LogP contribution is 2.61. The molecular formula is C96H184N3O27P3. The quantitative estimate of drug-likeness (QED) is 0.0117. The Hall–Kier alpha value is -3.09. The Morgan fingerprint density at radius 1 is 0.372 bits per heavy atom. The first-order valence-corrected chi connectivity index (χ1v) is 56.3. The second-order valence-corrected chi connectivity index (χ2v) is 41.4. The van der Waals surface area contributed by atoms with Gasteiger partial charge in [0.15, 0.2) is 24.8 Å². The van der Waals surface area contributed by atoms with Crippen LogP contribution in [0.3, 0.4) is 0 Å². The van der Waals surface area contributed by atoms with Gasteiger partial charge in [0.2, 0.25) is 11.8 Å². The Morgan fingerprint density at radius 2 is 0.690 bits per heavy atom. The second kappa shape index (κ2) is 77.9. The van der Waals surface area contributed by atoms with Crippen molar-refractivity contribution in [2.75, 3.05) is 25.9 Å². The van der Waals surface area contributed by atoms with Gasteiger partial charge in [-0.2, -0.15) is 0 Å². The third kappa shape index (κ3) is 63.9. The first-order valence-electron chi connectivity index (χ1n) is 51.5. The minimum atomic E-state index is -5.93. The SMILES string of the molecule is CCCCCCCCCCCCCC(=O)O[C@H](CCCCCCCCCCC)CC(=O)O[C@@H]1C(NC(=O)C[C@@H](CCCCCCCCCCC)OC(=O)CCCCCCCCCCC)[C@H](OCC2O[C@H](OP(=O)(O)OP(=O)(O)CCN)C(NC(=O)C[C@H](O)CCCCCCCCCCC)[C@@H](OC(=O)C[C@H](O)CCCCCCCCCCC)[C@@H]2O)OC(CO)[C@H]1OP(=O)(O)O. The summed E-state index contributed by atoms with van der Waals surface area (Å²) in [5.41, 5.74) is 5.58. The Balaban J connectivity index is 2.97. The van der Waals surface area contributed by atoms with E-state index in [1.165, 1.54) is 44.9 Å². The van der Waals surface area contributed by atoms with Crippen molar-refractivity contribution in [3.63, 3.8) is 0 Å². The van der Waals surface area contributed by atoms with Gasteiger partial charge in [-0.05, 0) is 51.4 Å². The van der Waals surface area contributed by atoms with Gasteiger partial charge in [-0.25, -0.2) is 13.4 Å². The van der Waals surface area contributed by atoms with Gasteiger partial charge in [-0.15, -0.1) is 0 Å². The number of hydrogen-bond donors (Lipinski definition) is 11. The maximum absolute atomic E-state index is 15.3. The molecule has 0 aliphatic carbocycles. The number of ether oxygens (including phenoxy) is 7. The van der Waals surface area contributed by atoms with Crippen LogP contribution in [-0.4, -0.2) is 187 Å². The lowest BCUT2D eigenvalue weighted by Gasteiger charge is -2.47. The smallest absolute Gasteiger partial charge is 0.462 e. The van der Waals surface area contributed by atoms with Crippen molar-refractivity contribution in [2.45, 2.75) is 551 Å². The van der Waals surface area contributed by atoms with Gasteiger partial charge in [-0.1, -0.05) is 375 Å². The maximum Gasteiger partial charge on any atom is 0.481 e. The van der Waals surface area contributed by atoms with Crippen molar-refractivity contribution in [2.24, 2.45) is 5.73 Å². The average molecular weight is 1910 g/mol. The molecule has 0 aromatic rings. The Bertz CT molecular complexity index is 2960. The highest BCUT2D eigenvalue weighted by molar-refractivity contribution is 7.64. The standard InChI is InChI=1S/C96H184N3O27P3/c1-7-13-19-25-31-37-38-44-50-56-62-68-86(106)119-80(66-60-54-48-42-35-29-23-17-11-5)74-88(108)123-94-90(99-84(104)73-79(65-59-53-47-41-34-28-22-16-10-4)118-85(105)67-61-55-49-43-36-30-24-18-12-6)95(120-81(75-100)92(94)124-128(112,113)114)117-76-82-91(109)93(122-87(107)72-78(102)64-58-52-46-40-33-27-21-15-9-3)89(96(121-82)125-129(115,116)126-127(110,111)70-69-97)98-83(103)71-77(101)63-57-51-45-39-32-26-20-14-8-2/h77-82,89-96,100-102,109H,7-76,97H2,1-6H3,(H,98,103)(H,99,104)(H,110,111)(H,115,116)(H2,112,113,114)/t77-,78-,79-,80-,81?,82?,89?,90?,91-,92-,93-,94-,95-,96-/m1/s1. The topological polar surface area (TPSA) is 458 Å². The van der Waals surface area contributed by atoms with Crippen LogP contribution in [0.15, 0.2) is 0 Å². The van der Waals surface area contributed by atoms with Crippen LogP contribution in [-0.2, 0) is 89.0 Å². The molecule has 0 bridgehead atoms. The Labute approximate surface area is 777 Å². The van der Waals surface area contributed by atoms with Crippen LogP contribution in [0.25, 0.3) is 0 Å². The van der Waals surface area contributed by atoms with E-state index in [2.05, 4.69) is 52.2 Å². The molecule has 0 radical (unpaired) electrons. The number of aliphatic hydroxyl groups excluding tert-OH is 4.